The molecule has 0 aromatic heterocycles. The Labute approximate surface area is 96.5 Å². The van der Waals surface area contributed by atoms with Crippen LogP contribution in [-0.4, -0.2) is 57.7 Å². The van der Waals surface area contributed by atoms with E-state index in [1.165, 1.54) is 7.11 Å². The Balaban J connectivity index is -0.000000244. The molecule has 9 nitrogen and oxygen atoms in total. The zero-order valence-electron chi connectivity index (χ0n) is 9.07. The minimum atomic E-state index is -2.27. The number of aliphatic hydroxyl groups is 2. The van der Waals surface area contributed by atoms with Crippen molar-refractivity contribution in [3.63, 3.8) is 0 Å². The Morgan fingerprint density at radius 2 is 1.41 bits per heavy atom. The fourth-order valence-corrected chi connectivity index (χ4v) is 0.353. The van der Waals surface area contributed by atoms with Gasteiger partial charge in [0.1, 0.15) is 0 Å². The third-order valence-corrected chi connectivity index (χ3v) is 1.17. The average Bonchev–Trinajstić information content (AvgIpc) is 2.26. The van der Waals surface area contributed by atoms with Crippen molar-refractivity contribution >= 4 is 17.9 Å². The normalized spacial score (nSPS) is 11.7. The molecule has 0 aliphatic carbocycles. The highest BCUT2D eigenvalue weighted by Gasteiger charge is 2.29. The summed E-state index contributed by atoms with van der Waals surface area (Å²) in [5, 5.41) is 32.5. The molecule has 0 saturated carbocycles. The monoisotopic (exact) mass is 253 g/mol. The molecule has 0 rings (SSSR count). The lowest BCUT2D eigenvalue weighted by Crippen LogP contribution is -2.39. The van der Waals surface area contributed by atoms with Crippen molar-refractivity contribution < 1.29 is 39.5 Å². The van der Waals surface area contributed by atoms with Gasteiger partial charge in [-0.3, -0.25) is 0 Å². The molecule has 0 aromatic rings. The molecule has 7 N–H and O–H groups in total. The average molecular weight is 253 g/mol. The van der Waals surface area contributed by atoms with Crippen LogP contribution in [0.4, 0.5) is 0 Å². The summed E-state index contributed by atoms with van der Waals surface area (Å²) < 4.78 is 4.14. The molecule has 9 heteroatoms. The van der Waals surface area contributed by atoms with Crippen LogP contribution in [0.25, 0.3) is 0 Å². The molecule has 2 unspecified atom stereocenters. The number of methoxy groups -OCH3 is 1. The Morgan fingerprint density at radius 3 is 1.47 bits per heavy atom. The van der Waals surface area contributed by atoms with Gasteiger partial charge in [0.25, 0.3) is 0 Å². The van der Waals surface area contributed by atoms with Crippen LogP contribution in [0.5, 0.6) is 0 Å². The standard InChI is InChI=1S/C4H6O6.C4H6O2.H3N/c5-1(3(7)8)2(6)4(9)10;1-3-4(5)6-2;/h1-2,5-6H,(H,7,8)(H,9,10);3H,1H2,2H3;1H3. The molecule has 0 heterocycles. The van der Waals surface area contributed by atoms with E-state index in [0.29, 0.717) is 0 Å². The molecule has 0 fully saturated rings. The highest BCUT2D eigenvalue weighted by atomic mass is 16.5. The summed E-state index contributed by atoms with van der Waals surface area (Å²) in [6, 6.07) is 0. The van der Waals surface area contributed by atoms with Crippen LogP contribution >= 0.6 is 0 Å². The van der Waals surface area contributed by atoms with Gasteiger partial charge in [0, 0.05) is 6.08 Å². The summed E-state index contributed by atoms with van der Waals surface area (Å²) in [4.78, 5) is 29.4. The summed E-state index contributed by atoms with van der Waals surface area (Å²) in [6.45, 7) is 3.16. The maximum Gasteiger partial charge on any atom is 0.335 e. The van der Waals surface area contributed by atoms with Crippen LogP contribution in [0.3, 0.4) is 0 Å². The number of rotatable bonds is 4. The quantitative estimate of drug-likeness (QED) is 0.291. The zero-order valence-corrected chi connectivity index (χ0v) is 9.07. The second-order valence-corrected chi connectivity index (χ2v) is 2.29. The largest absolute Gasteiger partial charge is 0.479 e. The van der Waals surface area contributed by atoms with Crippen LogP contribution < -0.4 is 6.15 Å². The molecule has 100 valence electrons. The van der Waals surface area contributed by atoms with Crippen LogP contribution in [-0.2, 0) is 19.1 Å². The number of carbonyl (C=O) groups excluding carboxylic acids is 1. The van der Waals surface area contributed by atoms with Gasteiger partial charge in [-0.1, -0.05) is 6.58 Å². The van der Waals surface area contributed by atoms with Crippen LogP contribution in [0.15, 0.2) is 12.7 Å². The first-order chi connectivity index (χ1) is 7.27. The molecular formula is C8H15NO8. The van der Waals surface area contributed by atoms with Crippen molar-refractivity contribution in [3.8, 4) is 0 Å². The molecule has 2 atom stereocenters. The summed E-state index contributed by atoms with van der Waals surface area (Å²) in [5.41, 5.74) is 0. The van der Waals surface area contributed by atoms with E-state index >= 15 is 0 Å². The van der Waals surface area contributed by atoms with Gasteiger partial charge in [-0.05, 0) is 0 Å². The van der Waals surface area contributed by atoms with E-state index in [9.17, 15) is 14.4 Å². The first kappa shape index (κ1) is 20.4. The highest BCUT2D eigenvalue weighted by molar-refractivity contribution is 5.83. The van der Waals surface area contributed by atoms with Gasteiger partial charge in [0.2, 0.25) is 0 Å². The number of aliphatic carboxylic acids is 2. The number of ether oxygens (including phenoxy) is 1. The number of esters is 1. The Morgan fingerprint density at radius 1 is 1.12 bits per heavy atom. The molecule has 0 aromatic carbocycles. The van der Waals surface area contributed by atoms with E-state index in [4.69, 9.17) is 20.4 Å². The molecule has 0 aliphatic heterocycles. The molecule has 0 amide bonds. The number of carboxylic acids is 2. The number of carboxylic acid groups (broad SMARTS) is 2. The van der Waals surface area contributed by atoms with Gasteiger partial charge in [0.05, 0.1) is 7.11 Å². The van der Waals surface area contributed by atoms with Crippen LogP contribution in [0.1, 0.15) is 0 Å². The van der Waals surface area contributed by atoms with E-state index in [0.717, 1.165) is 6.08 Å². The number of aliphatic hydroxyl groups excluding tert-OH is 2. The van der Waals surface area contributed by atoms with Crippen molar-refractivity contribution in [2.24, 2.45) is 0 Å². The maximum absolute atomic E-state index is 9.84. The van der Waals surface area contributed by atoms with Gasteiger partial charge in [-0.2, -0.15) is 0 Å². The molecule has 0 bridgehead atoms. The minimum absolute atomic E-state index is 0. The lowest BCUT2D eigenvalue weighted by molar-refractivity contribution is -0.165. The Bertz CT molecular complexity index is 259. The molecule has 17 heavy (non-hydrogen) atoms. The fraction of sp³-hybridized carbons (Fsp3) is 0.375. The zero-order chi connectivity index (χ0) is 13.3. The number of carbonyl (C=O) groups is 3. The number of hydrogen-bond donors (Lipinski definition) is 5. The lowest BCUT2D eigenvalue weighted by atomic mass is 10.2. The first-order valence-corrected chi connectivity index (χ1v) is 3.80. The topological polar surface area (TPSA) is 176 Å². The van der Waals surface area contributed by atoms with Gasteiger partial charge < -0.3 is 31.3 Å². The summed E-state index contributed by atoms with van der Waals surface area (Å²) in [6.07, 6.45) is -3.42. The van der Waals surface area contributed by atoms with Crippen molar-refractivity contribution in [2.45, 2.75) is 12.2 Å². The lowest BCUT2D eigenvalue weighted by Gasteiger charge is -2.07. The smallest absolute Gasteiger partial charge is 0.335 e. The van der Waals surface area contributed by atoms with E-state index in [1.54, 1.807) is 0 Å². The highest BCUT2D eigenvalue weighted by Crippen LogP contribution is 1.92. The van der Waals surface area contributed by atoms with E-state index in [-0.39, 0.29) is 6.15 Å². The first-order valence-electron chi connectivity index (χ1n) is 3.80. The molecule has 0 aliphatic rings. The summed E-state index contributed by atoms with van der Waals surface area (Å²) >= 11 is 0. The third-order valence-electron chi connectivity index (χ3n) is 1.17. The van der Waals surface area contributed by atoms with Crippen molar-refractivity contribution in [3.05, 3.63) is 12.7 Å². The summed E-state index contributed by atoms with van der Waals surface area (Å²) in [5.74, 6) is -3.93. The van der Waals surface area contributed by atoms with E-state index in [2.05, 4.69) is 11.3 Å². The van der Waals surface area contributed by atoms with Gasteiger partial charge in [0.15, 0.2) is 12.2 Å². The SMILES string of the molecule is C=CC(=O)OC.N.O=C(O)C(O)C(O)C(=O)O. The summed E-state index contributed by atoms with van der Waals surface area (Å²) in [7, 11) is 1.31. The molecule has 0 spiro atoms. The Hall–Kier alpha value is -1.97. The van der Waals surface area contributed by atoms with Gasteiger partial charge in [-0.15, -0.1) is 0 Å². The van der Waals surface area contributed by atoms with Crippen molar-refractivity contribution in [1.29, 1.82) is 0 Å². The molecular weight excluding hydrogens is 238 g/mol. The van der Waals surface area contributed by atoms with Gasteiger partial charge >= 0.3 is 17.9 Å². The number of hydrogen-bond acceptors (Lipinski definition) is 7. The fourth-order valence-electron chi connectivity index (χ4n) is 0.353. The van der Waals surface area contributed by atoms with Crippen LogP contribution in [0, 0.1) is 0 Å². The predicted octanol–water partition coefficient (Wildman–Crippen LogP) is -1.62. The second-order valence-electron chi connectivity index (χ2n) is 2.29. The van der Waals surface area contributed by atoms with Crippen LogP contribution in [0.2, 0.25) is 0 Å². The molecule has 0 saturated heterocycles. The predicted molar refractivity (Wildman–Crippen MR) is 54.5 cm³/mol. The third kappa shape index (κ3) is 10.3. The maximum atomic E-state index is 9.84. The second kappa shape index (κ2) is 10.5. The Kier molecular flexibility index (Phi) is 12.7. The minimum Gasteiger partial charge on any atom is -0.479 e. The molecule has 0 radical (unpaired) electrons. The van der Waals surface area contributed by atoms with E-state index in [1.807, 2.05) is 0 Å². The van der Waals surface area contributed by atoms with Gasteiger partial charge in [-0.25, -0.2) is 14.4 Å². The van der Waals surface area contributed by atoms with Crippen molar-refractivity contribution in [2.75, 3.05) is 7.11 Å². The van der Waals surface area contributed by atoms with E-state index < -0.39 is 30.1 Å². The van der Waals surface area contributed by atoms with Crippen molar-refractivity contribution in [1.82, 2.24) is 6.15 Å².